The lowest BCUT2D eigenvalue weighted by Gasteiger charge is -2.16. The van der Waals surface area contributed by atoms with E-state index >= 15 is 0 Å². The maximum atomic E-state index is 12.6. The predicted molar refractivity (Wildman–Crippen MR) is 91.0 cm³/mol. The van der Waals surface area contributed by atoms with Gasteiger partial charge in [0.25, 0.3) is 5.91 Å². The normalized spacial score (nSPS) is 11.9. The zero-order valence-corrected chi connectivity index (χ0v) is 13.0. The van der Waals surface area contributed by atoms with Gasteiger partial charge in [-0.05, 0) is 24.1 Å². The Kier molecular flexibility index (Phi) is 4.52. The Balaban J connectivity index is 1.77. The van der Waals surface area contributed by atoms with Crippen molar-refractivity contribution in [2.45, 2.75) is 19.5 Å². The molecule has 0 spiro atoms. The van der Waals surface area contributed by atoms with E-state index in [1.54, 1.807) is 12.5 Å². The summed E-state index contributed by atoms with van der Waals surface area (Å²) in [7, 11) is 0. The molecule has 3 rings (SSSR count). The topological polar surface area (TPSA) is 46.9 Å². The SMILES string of the molecule is C[C@@H](Cn1ccnc1)NC(=O)c1ccccc1-c1ccccc1. The fourth-order valence-corrected chi connectivity index (χ4v) is 2.61. The molecule has 0 fully saturated rings. The van der Waals surface area contributed by atoms with Crippen LogP contribution in [0.3, 0.4) is 0 Å². The quantitative estimate of drug-likeness (QED) is 0.785. The molecule has 116 valence electrons. The molecule has 0 aliphatic heterocycles. The van der Waals surface area contributed by atoms with Gasteiger partial charge in [-0.2, -0.15) is 0 Å². The minimum absolute atomic E-state index is 0.0144. The van der Waals surface area contributed by atoms with Gasteiger partial charge in [0.05, 0.1) is 6.33 Å². The van der Waals surface area contributed by atoms with Gasteiger partial charge in [-0.3, -0.25) is 4.79 Å². The van der Waals surface area contributed by atoms with Crippen LogP contribution in [0.1, 0.15) is 17.3 Å². The molecule has 0 unspecified atom stereocenters. The number of rotatable bonds is 5. The van der Waals surface area contributed by atoms with E-state index < -0.39 is 0 Å². The number of carbonyl (C=O) groups excluding carboxylic acids is 1. The summed E-state index contributed by atoms with van der Waals surface area (Å²) in [6.45, 7) is 2.68. The molecule has 0 radical (unpaired) electrons. The number of benzene rings is 2. The molecule has 23 heavy (non-hydrogen) atoms. The molecular formula is C19H19N3O. The Labute approximate surface area is 135 Å². The number of imidazole rings is 1. The average Bonchev–Trinajstić information content (AvgIpc) is 3.08. The number of hydrogen-bond acceptors (Lipinski definition) is 2. The number of aromatic nitrogens is 2. The second-order valence-electron chi connectivity index (χ2n) is 5.55. The molecule has 0 saturated heterocycles. The van der Waals surface area contributed by atoms with Crippen molar-refractivity contribution in [1.29, 1.82) is 0 Å². The van der Waals surface area contributed by atoms with Gasteiger partial charge >= 0.3 is 0 Å². The Morgan fingerprint density at radius 2 is 1.87 bits per heavy atom. The Bertz CT molecular complexity index is 766. The summed E-state index contributed by atoms with van der Waals surface area (Å²) in [4.78, 5) is 16.7. The first-order chi connectivity index (χ1) is 11.2. The minimum Gasteiger partial charge on any atom is -0.348 e. The van der Waals surface area contributed by atoms with Crippen molar-refractivity contribution in [2.24, 2.45) is 0 Å². The van der Waals surface area contributed by atoms with E-state index in [0.29, 0.717) is 12.1 Å². The molecule has 0 bridgehead atoms. The molecule has 0 aliphatic rings. The summed E-state index contributed by atoms with van der Waals surface area (Å²) in [5, 5.41) is 3.06. The summed E-state index contributed by atoms with van der Waals surface area (Å²) in [6, 6.07) is 17.7. The van der Waals surface area contributed by atoms with Crippen LogP contribution in [0.15, 0.2) is 73.3 Å². The van der Waals surface area contributed by atoms with E-state index in [1.807, 2.05) is 72.3 Å². The molecule has 0 aliphatic carbocycles. The Hall–Kier alpha value is -2.88. The molecule has 1 amide bonds. The van der Waals surface area contributed by atoms with E-state index in [-0.39, 0.29) is 11.9 Å². The van der Waals surface area contributed by atoms with Crippen LogP contribution in [0.5, 0.6) is 0 Å². The van der Waals surface area contributed by atoms with Crippen molar-refractivity contribution in [3.05, 3.63) is 78.9 Å². The molecule has 1 heterocycles. The van der Waals surface area contributed by atoms with Gasteiger partial charge in [0.1, 0.15) is 0 Å². The number of carbonyl (C=O) groups is 1. The van der Waals surface area contributed by atoms with E-state index in [9.17, 15) is 4.79 Å². The lowest BCUT2D eigenvalue weighted by molar-refractivity contribution is 0.0937. The molecule has 0 saturated carbocycles. The lowest BCUT2D eigenvalue weighted by Crippen LogP contribution is -2.35. The zero-order chi connectivity index (χ0) is 16.1. The second kappa shape index (κ2) is 6.92. The fraction of sp³-hybridized carbons (Fsp3) is 0.158. The smallest absolute Gasteiger partial charge is 0.252 e. The van der Waals surface area contributed by atoms with E-state index in [0.717, 1.165) is 11.1 Å². The molecule has 4 nitrogen and oxygen atoms in total. The molecule has 1 atom stereocenters. The first-order valence-corrected chi connectivity index (χ1v) is 7.65. The summed E-state index contributed by atoms with van der Waals surface area (Å²) in [6.07, 6.45) is 5.38. The van der Waals surface area contributed by atoms with Crippen LogP contribution in [0.4, 0.5) is 0 Å². The highest BCUT2D eigenvalue weighted by atomic mass is 16.1. The van der Waals surface area contributed by atoms with Gasteiger partial charge in [0.15, 0.2) is 0 Å². The third kappa shape index (κ3) is 3.66. The van der Waals surface area contributed by atoms with E-state index in [4.69, 9.17) is 0 Å². The second-order valence-corrected chi connectivity index (χ2v) is 5.55. The summed E-state index contributed by atoms with van der Waals surface area (Å²) < 4.78 is 1.95. The van der Waals surface area contributed by atoms with Crippen molar-refractivity contribution >= 4 is 5.91 Å². The molecule has 3 aromatic rings. The first-order valence-electron chi connectivity index (χ1n) is 7.65. The van der Waals surface area contributed by atoms with Gasteiger partial charge in [0.2, 0.25) is 0 Å². The number of amides is 1. The molecular weight excluding hydrogens is 286 g/mol. The largest absolute Gasteiger partial charge is 0.348 e. The fourth-order valence-electron chi connectivity index (χ4n) is 2.61. The summed E-state index contributed by atoms with van der Waals surface area (Å²) >= 11 is 0. The number of nitrogens with one attached hydrogen (secondary N) is 1. The van der Waals surface area contributed by atoms with Crippen LogP contribution in [-0.2, 0) is 6.54 Å². The van der Waals surface area contributed by atoms with Crippen LogP contribution in [0.25, 0.3) is 11.1 Å². The summed E-state index contributed by atoms with van der Waals surface area (Å²) in [5.74, 6) is -0.0583. The van der Waals surface area contributed by atoms with Crippen LogP contribution in [0, 0.1) is 0 Å². The molecule has 2 aromatic carbocycles. The molecule has 4 heteroatoms. The maximum Gasteiger partial charge on any atom is 0.252 e. The minimum atomic E-state index is -0.0583. The van der Waals surface area contributed by atoms with Gasteiger partial charge in [-0.15, -0.1) is 0 Å². The molecule has 1 N–H and O–H groups in total. The van der Waals surface area contributed by atoms with Crippen LogP contribution < -0.4 is 5.32 Å². The van der Waals surface area contributed by atoms with Crippen molar-refractivity contribution in [3.63, 3.8) is 0 Å². The number of nitrogens with zero attached hydrogens (tertiary/aromatic N) is 2. The average molecular weight is 305 g/mol. The van der Waals surface area contributed by atoms with Crippen LogP contribution in [-0.4, -0.2) is 21.5 Å². The molecule has 1 aromatic heterocycles. The third-order valence-corrected chi connectivity index (χ3v) is 3.68. The van der Waals surface area contributed by atoms with Gasteiger partial charge in [-0.1, -0.05) is 48.5 Å². The van der Waals surface area contributed by atoms with Gasteiger partial charge < -0.3 is 9.88 Å². The number of hydrogen-bond donors (Lipinski definition) is 1. The highest BCUT2D eigenvalue weighted by Gasteiger charge is 2.14. The monoisotopic (exact) mass is 305 g/mol. The van der Waals surface area contributed by atoms with Crippen molar-refractivity contribution in [3.8, 4) is 11.1 Å². The highest BCUT2D eigenvalue weighted by molar-refractivity contribution is 6.01. The van der Waals surface area contributed by atoms with Crippen LogP contribution >= 0.6 is 0 Å². The van der Waals surface area contributed by atoms with Gasteiger partial charge in [-0.25, -0.2) is 4.98 Å². The van der Waals surface area contributed by atoms with Crippen LogP contribution in [0.2, 0.25) is 0 Å². The van der Waals surface area contributed by atoms with Crippen molar-refractivity contribution in [1.82, 2.24) is 14.9 Å². The van der Waals surface area contributed by atoms with E-state index in [1.165, 1.54) is 0 Å². The van der Waals surface area contributed by atoms with Crippen molar-refractivity contribution in [2.75, 3.05) is 0 Å². The highest BCUT2D eigenvalue weighted by Crippen LogP contribution is 2.23. The van der Waals surface area contributed by atoms with Crippen molar-refractivity contribution < 1.29 is 4.79 Å². The third-order valence-electron chi connectivity index (χ3n) is 3.68. The Morgan fingerprint density at radius 3 is 2.61 bits per heavy atom. The summed E-state index contributed by atoms with van der Waals surface area (Å²) in [5.41, 5.74) is 2.68. The van der Waals surface area contributed by atoms with E-state index in [2.05, 4.69) is 10.3 Å². The van der Waals surface area contributed by atoms with Gasteiger partial charge in [0, 0.05) is 30.5 Å². The maximum absolute atomic E-state index is 12.6. The first kappa shape index (κ1) is 15.0. The predicted octanol–water partition coefficient (Wildman–Crippen LogP) is 3.37. The standard InChI is InChI=1S/C19H19N3O/c1-15(13-22-12-11-20-14-22)21-19(23)18-10-6-5-9-17(18)16-7-3-2-4-8-16/h2-12,14-15H,13H2,1H3,(H,21,23)/t15-/m0/s1. The zero-order valence-electron chi connectivity index (χ0n) is 13.0. The Morgan fingerprint density at radius 1 is 1.13 bits per heavy atom. The lowest BCUT2D eigenvalue weighted by atomic mass is 9.99.